The summed E-state index contributed by atoms with van der Waals surface area (Å²) in [6.07, 6.45) is 0. The fraction of sp³-hybridized carbons (Fsp3) is 0.286. The third kappa shape index (κ3) is 2.59. The molecule has 0 spiro atoms. The molecule has 0 fully saturated rings. The molecular formula is C14H17N3O2. The van der Waals surface area contributed by atoms with E-state index in [4.69, 9.17) is 0 Å². The van der Waals surface area contributed by atoms with Gasteiger partial charge in [-0.15, -0.1) is 0 Å². The lowest BCUT2D eigenvalue weighted by Gasteiger charge is -2.07. The van der Waals surface area contributed by atoms with Gasteiger partial charge in [-0.25, -0.2) is 0 Å². The molecule has 2 N–H and O–H groups in total. The van der Waals surface area contributed by atoms with E-state index in [1.165, 1.54) is 6.07 Å². The van der Waals surface area contributed by atoms with Gasteiger partial charge in [-0.3, -0.25) is 9.48 Å². The number of hydrogen-bond acceptors (Lipinski definition) is 3. The summed E-state index contributed by atoms with van der Waals surface area (Å²) in [4.78, 5) is 12.0. The Hall–Kier alpha value is -2.30. The number of aromatic nitrogens is 2. The standard InChI is InChI=1S/C14H17N3O2/c1-9-12(10(2)17(3)16-9)8-15-14(19)11-6-4-5-7-13(11)18/h4-7,18H,8H2,1-3H3,(H,15,19). The molecule has 0 saturated carbocycles. The zero-order valence-electron chi connectivity index (χ0n) is 11.3. The number of phenolic OH excluding ortho intramolecular Hbond substituents is 1. The van der Waals surface area contributed by atoms with Gasteiger partial charge in [-0.2, -0.15) is 5.10 Å². The molecule has 0 radical (unpaired) electrons. The maximum Gasteiger partial charge on any atom is 0.255 e. The Balaban J connectivity index is 2.11. The number of carbonyl (C=O) groups is 1. The smallest absolute Gasteiger partial charge is 0.255 e. The van der Waals surface area contributed by atoms with Crippen LogP contribution in [0.15, 0.2) is 24.3 Å². The van der Waals surface area contributed by atoms with Crippen molar-refractivity contribution in [3.8, 4) is 5.75 Å². The second kappa shape index (κ2) is 5.14. The van der Waals surface area contributed by atoms with Crippen molar-refractivity contribution < 1.29 is 9.90 Å². The van der Waals surface area contributed by atoms with Gasteiger partial charge in [-0.05, 0) is 26.0 Å². The molecule has 0 unspecified atom stereocenters. The number of hydrogen-bond donors (Lipinski definition) is 2. The van der Waals surface area contributed by atoms with Crippen LogP contribution in [0.3, 0.4) is 0 Å². The largest absolute Gasteiger partial charge is 0.507 e. The average molecular weight is 259 g/mol. The van der Waals surface area contributed by atoms with E-state index in [0.717, 1.165) is 17.0 Å². The highest BCUT2D eigenvalue weighted by molar-refractivity contribution is 5.96. The first-order valence-corrected chi connectivity index (χ1v) is 6.06. The predicted octanol–water partition coefficient (Wildman–Crippen LogP) is 1.67. The first kappa shape index (κ1) is 13.1. The summed E-state index contributed by atoms with van der Waals surface area (Å²) in [5, 5.41) is 16.7. The van der Waals surface area contributed by atoms with Crippen LogP contribution in [0.5, 0.6) is 5.75 Å². The molecule has 1 aromatic carbocycles. The van der Waals surface area contributed by atoms with Crippen molar-refractivity contribution in [1.82, 2.24) is 15.1 Å². The van der Waals surface area contributed by atoms with E-state index in [2.05, 4.69) is 10.4 Å². The Bertz CT molecular complexity index is 617. The third-order valence-corrected chi connectivity index (χ3v) is 3.23. The Morgan fingerprint density at radius 3 is 2.63 bits per heavy atom. The third-order valence-electron chi connectivity index (χ3n) is 3.23. The molecule has 1 amide bonds. The quantitative estimate of drug-likeness (QED) is 0.881. The van der Waals surface area contributed by atoms with Crippen LogP contribution in [-0.4, -0.2) is 20.8 Å². The van der Waals surface area contributed by atoms with Crippen molar-refractivity contribution in [2.75, 3.05) is 0 Å². The number of aryl methyl sites for hydroxylation is 2. The van der Waals surface area contributed by atoms with Gasteiger partial charge < -0.3 is 10.4 Å². The van der Waals surface area contributed by atoms with Gasteiger partial charge in [0.15, 0.2) is 0 Å². The molecule has 1 aromatic heterocycles. The Kier molecular flexibility index (Phi) is 3.55. The summed E-state index contributed by atoms with van der Waals surface area (Å²) in [5.41, 5.74) is 3.21. The minimum atomic E-state index is -0.291. The number of benzene rings is 1. The van der Waals surface area contributed by atoms with E-state index >= 15 is 0 Å². The molecule has 2 rings (SSSR count). The first-order valence-electron chi connectivity index (χ1n) is 6.06. The van der Waals surface area contributed by atoms with E-state index < -0.39 is 0 Å². The molecule has 19 heavy (non-hydrogen) atoms. The number of para-hydroxylation sites is 1. The lowest BCUT2D eigenvalue weighted by molar-refractivity contribution is 0.0948. The van der Waals surface area contributed by atoms with E-state index in [-0.39, 0.29) is 17.2 Å². The van der Waals surface area contributed by atoms with Crippen LogP contribution in [-0.2, 0) is 13.6 Å². The minimum absolute atomic E-state index is 0.0142. The van der Waals surface area contributed by atoms with Gasteiger partial charge in [0.1, 0.15) is 5.75 Å². The van der Waals surface area contributed by atoms with Crippen molar-refractivity contribution >= 4 is 5.91 Å². The molecule has 0 aliphatic carbocycles. The van der Waals surface area contributed by atoms with E-state index in [9.17, 15) is 9.90 Å². The van der Waals surface area contributed by atoms with Crippen LogP contribution in [0, 0.1) is 13.8 Å². The number of amides is 1. The number of nitrogens with zero attached hydrogens (tertiary/aromatic N) is 2. The van der Waals surface area contributed by atoms with Gasteiger partial charge in [0.05, 0.1) is 11.3 Å². The molecule has 0 bridgehead atoms. The Morgan fingerprint density at radius 2 is 2.05 bits per heavy atom. The predicted molar refractivity (Wildman–Crippen MR) is 72.0 cm³/mol. The minimum Gasteiger partial charge on any atom is -0.507 e. The van der Waals surface area contributed by atoms with Crippen molar-refractivity contribution in [2.45, 2.75) is 20.4 Å². The van der Waals surface area contributed by atoms with Crippen LogP contribution >= 0.6 is 0 Å². The maximum absolute atomic E-state index is 12.0. The van der Waals surface area contributed by atoms with Crippen LogP contribution in [0.2, 0.25) is 0 Å². The van der Waals surface area contributed by atoms with Crippen molar-refractivity contribution in [1.29, 1.82) is 0 Å². The van der Waals surface area contributed by atoms with E-state index in [1.54, 1.807) is 22.9 Å². The molecule has 0 aliphatic heterocycles. The zero-order chi connectivity index (χ0) is 14.0. The molecule has 100 valence electrons. The van der Waals surface area contributed by atoms with E-state index in [0.29, 0.717) is 6.54 Å². The van der Waals surface area contributed by atoms with Gasteiger partial charge in [-0.1, -0.05) is 12.1 Å². The second-order valence-corrected chi connectivity index (χ2v) is 4.47. The van der Waals surface area contributed by atoms with Crippen molar-refractivity contribution in [3.63, 3.8) is 0 Å². The van der Waals surface area contributed by atoms with Crippen LogP contribution in [0.1, 0.15) is 27.3 Å². The summed E-state index contributed by atoms with van der Waals surface area (Å²) in [5.74, 6) is -0.305. The molecule has 1 heterocycles. The van der Waals surface area contributed by atoms with Gasteiger partial charge in [0, 0.05) is 24.8 Å². The van der Waals surface area contributed by atoms with Crippen molar-refractivity contribution in [2.24, 2.45) is 7.05 Å². The highest BCUT2D eigenvalue weighted by atomic mass is 16.3. The van der Waals surface area contributed by atoms with Crippen LogP contribution in [0.25, 0.3) is 0 Å². The summed E-state index contributed by atoms with van der Waals surface area (Å²) < 4.78 is 1.79. The zero-order valence-corrected chi connectivity index (χ0v) is 11.3. The van der Waals surface area contributed by atoms with Gasteiger partial charge >= 0.3 is 0 Å². The highest BCUT2D eigenvalue weighted by Gasteiger charge is 2.13. The highest BCUT2D eigenvalue weighted by Crippen LogP contribution is 2.16. The van der Waals surface area contributed by atoms with Gasteiger partial charge in [0.2, 0.25) is 0 Å². The first-order chi connectivity index (χ1) is 9.00. The number of rotatable bonds is 3. The molecule has 0 atom stereocenters. The molecule has 0 aliphatic rings. The average Bonchev–Trinajstić information content (AvgIpc) is 2.61. The lowest BCUT2D eigenvalue weighted by Crippen LogP contribution is -2.23. The summed E-state index contributed by atoms with van der Waals surface area (Å²) in [7, 11) is 1.87. The Morgan fingerprint density at radius 1 is 1.37 bits per heavy atom. The normalized spacial score (nSPS) is 10.5. The molecule has 2 aromatic rings. The topological polar surface area (TPSA) is 67.2 Å². The number of phenols is 1. The summed E-state index contributed by atoms with van der Waals surface area (Å²) in [6, 6.07) is 6.49. The van der Waals surface area contributed by atoms with E-state index in [1.807, 2.05) is 20.9 Å². The van der Waals surface area contributed by atoms with Crippen molar-refractivity contribution in [3.05, 3.63) is 46.8 Å². The lowest BCUT2D eigenvalue weighted by atomic mass is 10.1. The maximum atomic E-state index is 12.0. The Labute approximate surface area is 111 Å². The molecule has 0 saturated heterocycles. The van der Waals surface area contributed by atoms with Gasteiger partial charge in [0.25, 0.3) is 5.91 Å². The molecular weight excluding hydrogens is 242 g/mol. The van der Waals surface area contributed by atoms with Crippen LogP contribution < -0.4 is 5.32 Å². The SMILES string of the molecule is Cc1nn(C)c(C)c1CNC(=O)c1ccccc1O. The second-order valence-electron chi connectivity index (χ2n) is 4.47. The van der Waals surface area contributed by atoms with Crippen LogP contribution in [0.4, 0.5) is 0 Å². The summed E-state index contributed by atoms with van der Waals surface area (Å²) in [6.45, 7) is 4.27. The number of nitrogens with one attached hydrogen (secondary N) is 1. The fourth-order valence-electron chi connectivity index (χ4n) is 2.00. The summed E-state index contributed by atoms with van der Waals surface area (Å²) >= 11 is 0. The number of aromatic hydroxyl groups is 1. The molecule has 5 heteroatoms. The molecule has 5 nitrogen and oxygen atoms in total. The number of carbonyl (C=O) groups excluding carboxylic acids is 1. The monoisotopic (exact) mass is 259 g/mol. The fourth-order valence-corrected chi connectivity index (χ4v) is 2.00.